The molecule has 2 aromatic rings. The first kappa shape index (κ1) is 13.1. The molecule has 0 aromatic heterocycles. The molecule has 0 radical (unpaired) electrons. The van der Waals surface area contributed by atoms with Gasteiger partial charge in [0.1, 0.15) is 5.75 Å². The lowest BCUT2D eigenvalue weighted by Crippen LogP contribution is -2.03. The summed E-state index contributed by atoms with van der Waals surface area (Å²) < 4.78 is 30.5. The number of rotatable bonds is 3. The van der Waals surface area contributed by atoms with Crippen LogP contribution in [-0.4, -0.2) is 12.7 Å². The molecule has 1 aliphatic heterocycles. The van der Waals surface area contributed by atoms with Crippen molar-refractivity contribution in [3.8, 4) is 11.5 Å². The summed E-state index contributed by atoms with van der Waals surface area (Å²) in [5.74, 6) is 0.342. The highest BCUT2D eigenvalue weighted by molar-refractivity contribution is 5.35. The maximum Gasteiger partial charge on any atom is 0.184 e. The molecule has 1 fully saturated rings. The van der Waals surface area contributed by atoms with E-state index in [0.29, 0.717) is 12.4 Å². The molecule has 0 aliphatic carbocycles. The average molecular weight is 274 g/mol. The van der Waals surface area contributed by atoms with Gasteiger partial charge in [0.25, 0.3) is 0 Å². The average Bonchev–Trinajstić information content (AvgIpc) is 2.89. The van der Waals surface area contributed by atoms with Crippen LogP contribution < -0.4 is 4.74 Å². The lowest BCUT2D eigenvalue weighted by Gasteiger charge is -2.13. The fraction of sp³-hybridized carbons (Fsp3) is 0.250. The smallest absolute Gasteiger partial charge is 0.184 e. The van der Waals surface area contributed by atoms with Crippen LogP contribution in [0.2, 0.25) is 0 Å². The predicted octanol–water partition coefficient (Wildman–Crippen LogP) is 4.05. The summed E-state index contributed by atoms with van der Waals surface area (Å²) in [6.07, 6.45) is -0.410. The quantitative estimate of drug-likeness (QED) is 0.845. The molecule has 0 spiro atoms. The summed E-state index contributed by atoms with van der Waals surface area (Å²) in [6, 6.07) is 13.7. The summed E-state index contributed by atoms with van der Waals surface area (Å²) in [5.41, 5.74) is 0.752. The second-order valence-electron chi connectivity index (χ2n) is 4.72. The Kier molecular flexibility index (Phi) is 3.67. The van der Waals surface area contributed by atoms with Crippen LogP contribution >= 0.6 is 0 Å². The van der Waals surface area contributed by atoms with Crippen LogP contribution in [0.5, 0.6) is 11.5 Å². The van der Waals surface area contributed by atoms with E-state index in [-0.39, 0.29) is 11.9 Å². The summed E-state index contributed by atoms with van der Waals surface area (Å²) in [5, 5.41) is 0. The van der Waals surface area contributed by atoms with E-state index in [0.717, 1.165) is 5.56 Å². The molecule has 20 heavy (non-hydrogen) atoms. The monoisotopic (exact) mass is 274 g/mol. The minimum atomic E-state index is -0.455. The third-order valence-corrected chi connectivity index (χ3v) is 3.04. The van der Waals surface area contributed by atoms with E-state index in [1.165, 1.54) is 6.07 Å². The molecule has 3 nitrogen and oxygen atoms in total. The van der Waals surface area contributed by atoms with Crippen LogP contribution in [0.1, 0.15) is 18.8 Å². The van der Waals surface area contributed by atoms with Crippen molar-refractivity contribution >= 4 is 0 Å². The molecule has 2 aromatic carbocycles. The van der Waals surface area contributed by atoms with E-state index in [4.69, 9.17) is 14.2 Å². The first-order chi connectivity index (χ1) is 9.72. The van der Waals surface area contributed by atoms with Crippen molar-refractivity contribution < 1.29 is 18.6 Å². The highest BCUT2D eigenvalue weighted by atomic mass is 19.1. The van der Waals surface area contributed by atoms with Crippen molar-refractivity contribution in [3.05, 3.63) is 59.9 Å². The summed E-state index contributed by atoms with van der Waals surface area (Å²) >= 11 is 0. The van der Waals surface area contributed by atoms with Crippen molar-refractivity contribution in [1.29, 1.82) is 0 Å². The van der Waals surface area contributed by atoms with Gasteiger partial charge in [0, 0.05) is 5.56 Å². The Morgan fingerprint density at radius 1 is 1.15 bits per heavy atom. The summed E-state index contributed by atoms with van der Waals surface area (Å²) in [4.78, 5) is 0. The number of hydrogen-bond acceptors (Lipinski definition) is 3. The Bertz CT molecular complexity index is 586. The number of hydrogen-bond donors (Lipinski definition) is 0. The van der Waals surface area contributed by atoms with Gasteiger partial charge in [-0.15, -0.1) is 0 Å². The maximum atomic E-state index is 13.8. The Morgan fingerprint density at radius 3 is 2.65 bits per heavy atom. The van der Waals surface area contributed by atoms with Gasteiger partial charge < -0.3 is 14.2 Å². The lowest BCUT2D eigenvalue weighted by molar-refractivity contribution is -0.0573. The largest absolute Gasteiger partial charge is 0.454 e. The molecule has 2 atom stereocenters. The molecule has 4 heteroatoms. The van der Waals surface area contributed by atoms with Gasteiger partial charge in [-0.3, -0.25) is 0 Å². The van der Waals surface area contributed by atoms with E-state index < -0.39 is 12.1 Å². The molecule has 0 amide bonds. The van der Waals surface area contributed by atoms with Gasteiger partial charge in [0.2, 0.25) is 0 Å². The SMILES string of the molecule is CC1COC(c2ccc(F)c(Oc3ccccc3)c2)O1. The Labute approximate surface area is 116 Å². The maximum absolute atomic E-state index is 13.8. The van der Waals surface area contributed by atoms with Gasteiger partial charge in [0.05, 0.1) is 12.7 Å². The fourth-order valence-corrected chi connectivity index (χ4v) is 2.05. The second-order valence-corrected chi connectivity index (χ2v) is 4.72. The lowest BCUT2D eigenvalue weighted by atomic mass is 10.2. The number of ether oxygens (including phenoxy) is 3. The number of halogens is 1. The van der Waals surface area contributed by atoms with Crippen molar-refractivity contribution in [1.82, 2.24) is 0 Å². The van der Waals surface area contributed by atoms with Crippen LogP contribution in [0.25, 0.3) is 0 Å². The van der Waals surface area contributed by atoms with Crippen LogP contribution in [0.15, 0.2) is 48.5 Å². The third-order valence-electron chi connectivity index (χ3n) is 3.04. The van der Waals surface area contributed by atoms with Crippen molar-refractivity contribution in [2.45, 2.75) is 19.3 Å². The van der Waals surface area contributed by atoms with Gasteiger partial charge in [0.15, 0.2) is 17.9 Å². The van der Waals surface area contributed by atoms with Crippen LogP contribution in [-0.2, 0) is 9.47 Å². The molecule has 2 unspecified atom stereocenters. The van der Waals surface area contributed by atoms with Gasteiger partial charge in [-0.25, -0.2) is 4.39 Å². The number of benzene rings is 2. The zero-order chi connectivity index (χ0) is 13.9. The molecule has 3 rings (SSSR count). The molecule has 0 N–H and O–H groups in total. The van der Waals surface area contributed by atoms with Crippen molar-refractivity contribution in [2.24, 2.45) is 0 Å². The van der Waals surface area contributed by atoms with E-state index in [1.54, 1.807) is 24.3 Å². The first-order valence-corrected chi connectivity index (χ1v) is 6.52. The molecule has 1 aliphatic rings. The van der Waals surface area contributed by atoms with Crippen molar-refractivity contribution in [2.75, 3.05) is 6.61 Å². The van der Waals surface area contributed by atoms with Crippen LogP contribution in [0, 0.1) is 5.82 Å². The minimum absolute atomic E-state index is 0.0449. The molecule has 0 bridgehead atoms. The highest BCUT2D eigenvalue weighted by Crippen LogP contribution is 2.32. The molecular weight excluding hydrogens is 259 g/mol. The van der Waals surface area contributed by atoms with E-state index in [1.807, 2.05) is 25.1 Å². The second kappa shape index (κ2) is 5.61. The molecular formula is C16H15FO3. The van der Waals surface area contributed by atoms with E-state index >= 15 is 0 Å². The normalized spacial score (nSPS) is 21.9. The molecule has 104 valence electrons. The Balaban J connectivity index is 1.83. The zero-order valence-electron chi connectivity index (χ0n) is 11.1. The van der Waals surface area contributed by atoms with Gasteiger partial charge in [-0.05, 0) is 31.2 Å². The topological polar surface area (TPSA) is 27.7 Å². The Hall–Kier alpha value is -1.91. The van der Waals surface area contributed by atoms with Gasteiger partial charge in [-0.1, -0.05) is 24.3 Å². The molecule has 1 saturated heterocycles. The summed E-state index contributed by atoms with van der Waals surface area (Å²) in [6.45, 7) is 2.47. The van der Waals surface area contributed by atoms with E-state index in [9.17, 15) is 4.39 Å². The zero-order valence-corrected chi connectivity index (χ0v) is 11.1. The fourth-order valence-electron chi connectivity index (χ4n) is 2.05. The Morgan fingerprint density at radius 2 is 1.95 bits per heavy atom. The highest BCUT2D eigenvalue weighted by Gasteiger charge is 2.25. The minimum Gasteiger partial charge on any atom is -0.454 e. The summed E-state index contributed by atoms with van der Waals surface area (Å²) in [7, 11) is 0. The van der Waals surface area contributed by atoms with E-state index in [2.05, 4.69) is 0 Å². The molecule has 1 heterocycles. The number of para-hydroxylation sites is 1. The predicted molar refractivity (Wildman–Crippen MR) is 72.2 cm³/mol. The van der Waals surface area contributed by atoms with Gasteiger partial charge >= 0.3 is 0 Å². The van der Waals surface area contributed by atoms with Crippen molar-refractivity contribution in [3.63, 3.8) is 0 Å². The van der Waals surface area contributed by atoms with Crippen LogP contribution in [0.3, 0.4) is 0 Å². The molecule has 0 saturated carbocycles. The standard InChI is InChI=1S/C16H15FO3/c1-11-10-18-16(19-11)12-7-8-14(17)15(9-12)20-13-5-3-2-4-6-13/h2-9,11,16H,10H2,1H3. The first-order valence-electron chi connectivity index (χ1n) is 6.52. The van der Waals surface area contributed by atoms with Gasteiger partial charge in [-0.2, -0.15) is 0 Å². The third kappa shape index (κ3) is 2.81. The van der Waals surface area contributed by atoms with Crippen LogP contribution in [0.4, 0.5) is 4.39 Å².